The van der Waals surface area contributed by atoms with Crippen LogP contribution in [0, 0.1) is 5.92 Å². The molecule has 1 aliphatic rings. The Bertz CT molecular complexity index is 391. The van der Waals surface area contributed by atoms with Crippen LogP contribution in [0.2, 0.25) is 0 Å². The summed E-state index contributed by atoms with van der Waals surface area (Å²) in [5.74, 6) is 1.51. The quantitative estimate of drug-likeness (QED) is 0.747. The van der Waals surface area contributed by atoms with Gasteiger partial charge in [0, 0.05) is 12.6 Å². The molecule has 1 aromatic heterocycles. The van der Waals surface area contributed by atoms with E-state index < -0.39 is 0 Å². The molecule has 0 aliphatic carbocycles. The fourth-order valence-corrected chi connectivity index (χ4v) is 2.24. The molecular weight excluding hydrogens is 228 g/mol. The maximum absolute atomic E-state index is 10.5. The third kappa shape index (κ3) is 3.29. The van der Waals surface area contributed by atoms with Crippen LogP contribution in [-0.2, 0) is 0 Å². The van der Waals surface area contributed by atoms with Crippen molar-refractivity contribution >= 4 is 6.29 Å². The SMILES string of the molecule is CC1CCN(C(C)COc2ccc(C=O)nc2)C1. The van der Waals surface area contributed by atoms with Gasteiger partial charge in [0.1, 0.15) is 18.1 Å². The number of hydrogen-bond acceptors (Lipinski definition) is 4. The number of pyridine rings is 1. The first-order valence-corrected chi connectivity index (χ1v) is 6.47. The Kier molecular flexibility index (Phi) is 4.31. The Morgan fingerprint density at radius 3 is 3.00 bits per heavy atom. The number of hydrogen-bond donors (Lipinski definition) is 0. The summed E-state index contributed by atoms with van der Waals surface area (Å²) in [6.45, 7) is 7.45. The first kappa shape index (κ1) is 13.0. The van der Waals surface area contributed by atoms with Crippen LogP contribution in [0.5, 0.6) is 5.75 Å². The van der Waals surface area contributed by atoms with Crippen LogP contribution in [-0.4, -0.2) is 41.9 Å². The highest BCUT2D eigenvalue weighted by molar-refractivity contribution is 5.71. The second-order valence-electron chi connectivity index (χ2n) is 5.09. The summed E-state index contributed by atoms with van der Waals surface area (Å²) in [4.78, 5) is 16.9. The molecule has 2 heterocycles. The van der Waals surface area contributed by atoms with Crippen molar-refractivity contribution in [2.24, 2.45) is 5.92 Å². The van der Waals surface area contributed by atoms with E-state index >= 15 is 0 Å². The predicted octanol–water partition coefficient (Wildman–Crippen LogP) is 2.00. The summed E-state index contributed by atoms with van der Waals surface area (Å²) in [5, 5.41) is 0. The van der Waals surface area contributed by atoms with Crippen LogP contribution in [0.15, 0.2) is 18.3 Å². The van der Waals surface area contributed by atoms with E-state index in [9.17, 15) is 4.79 Å². The maximum Gasteiger partial charge on any atom is 0.168 e. The van der Waals surface area contributed by atoms with E-state index in [0.717, 1.165) is 31.0 Å². The number of carbonyl (C=O) groups excluding carboxylic acids is 1. The van der Waals surface area contributed by atoms with Crippen LogP contribution in [0.25, 0.3) is 0 Å². The zero-order valence-electron chi connectivity index (χ0n) is 11.0. The maximum atomic E-state index is 10.5. The molecule has 2 atom stereocenters. The molecule has 1 aliphatic heterocycles. The molecule has 2 unspecified atom stereocenters. The van der Waals surface area contributed by atoms with Crippen molar-refractivity contribution < 1.29 is 9.53 Å². The number of rotatable bonds is 5. The highest BCUT2D eigenvalue weighted by Gasteiger charge is 2.23. The van der Waals surface area contributed by atoms with Crippen molar-refractivity contribution in [2.75, 3.05) is 19.7 Å². The summed E-state index contributed by atoms with van der Waals surface area (Å²) in [7, 11) is 0. The first-order chi connectivity index (χ1) is 8.69. The van der Waals surface area contributed by atoms with Gasteiger partial charge in [-0.25, -0.2) is 4.98 Å². The van der Waals surface area contributed by atoms with E-state index in [0.29, 0.717) is 18.3 Å². The molecule has 0 amide bonds. The van der Waals surface area contributed by atoms with Crippen molar-refractivity contribution in [3.05, 3.63) is 24.0 Å². The van der Waals surface area contributed by atoms with Crippen molar-refractivity contribution in [1.82, 2.24) is 9.88 Å². The summed E-state index contributed by atoms with van der Waals surface area (Å²) in [6.07, 6.45) is 3.61. The predicted molar refractivity (Wildman–Crippen MR) is 69.9 cm³/mol. The smallest absolute Gasteiger partial charge is 0.168 e. The number of nitrogens with zero attached hydrogens (tertiary/aromatic N) is 2. The van der Waals surface area contributed by atoms with Gasteiger partial charge in [0.05, 0.1) is 6.20 Å². The fraction of sp³-hybridized carbons (Fsp3) is 0.571. The molecule has 0 aromatic carbocycles. The van der Waals surface area contributed by atoms with E-state index in [1.807, 2.05) is 0 Å². The first-order valence-electron chi connectivity index (χ1n) is 6.47. The summed E-state index contributed by atoms with van der Waals surface area (Å²) >= 11 is 0. The van der Waals surface area contributed by atoms with E-state index in [4.69, 9.17) is 4.74 Å². The monoisotopic (exact) mass is 248 g/mol. The fourth-order valence-electron chi connectivity index (χ4n) is 2.24. The normalized spacial score (nSPS) is 21.8. The third-order valence-electron chi connectivity index (χ3n) is 3.45. The van der Waals surface area contributed by atoms with Gasteiger partial charge in [-0.15, -0.1) is 0 Å². The van der Waals surface area contributed by atoms with Crippen LogP contribution in [0.3, 0.4) is 0 Å². The van der Waals surface area contributed by atoms with Crippen molar-refractivity contribution in [2.45, 2.75) is 26.3 Å². The minimum atomic E-state index is 0.417. The van der Waals surface area contributed by atoms with Gasteiger partial charge in [0.25, 0.3) is 0 Å². The number of ether oxygens (including phenoxy) is 1. The lowest BCUT2D eigenvalue weighted by Gasteiger charge is -2.24. The number of aromatic nitrogens is 1. The highest BCUT2D eigenvalue weighted by atomic mass is 16.5. The lowest BCUT2D eigenvalue weighted by Crippen LogP contribution is -2.35. The van der Waals surface area contributed by atoms with Crippen LogP contribution < -0.4 is 4.74 Å². The zero-order valence-corrected chi connectivity index (χ0v) is 11.0. The Balaban J connectivity index is 1.81. The van der Waals surface area contributed by atoms with Gasteiger partial charge in [0.2, 0.25) is 0 Å². The van der Waals surface area contributed by atoms with E-state index in [-0.39, 0.29) is 0 Å². The molecule has 0 saturated carbocycles. The van der Waals surface area contributed by atoms with Gasteiger partial charge in [-0.1, -0.05) is 6.92 Å². The lowest BCUT2D eigenvalue weighted by atomic mass is 10.2. The Labute approximate surface area is 108 Å². The van der Waals surface area contributed by atoms with Gasteiger partial charge in [-0.2, -0.15) is 0 Å². The largest absolute Gasteiger partial charge is 0.490 e. The summed E-state index contributed by atoms with van der Waals surface area (Å²) in [6, 6.07) is 3.88. The molecule has 0 bridgehead atoms. The molecule has 1 aromatic rings. The van der Waals surface area contributed by atoms with Crippen LogP contribution in [0.4, 0.5) is 0 Å². The summed E-state index contributed by atoms with van der Waals surface area (Å²) < 4.78 is 5.69. The average Bonchev–Trinajstić information content (AvgIpc) is 2.83. The van der Waals surface area contributed by atoms with Gasteiger partial charge in [-0.3, -0.25) is 9.69 Å². The summed E-state index contributed by atoms with van der Waals surface area (Å²) in [5.41, 5.74) is 0.434. The molecule has 18 heavy (non-hydrogen) atoms. The Morgan fingerprint density at radius 2 is 2.44 bits per heavy atom. The minimum absolute atomic E-state index is 0.417. The topological polar surface area (TPSA) is 42.4 Å². The number of carbonyl (C=O) groups is 1. The van der Waals surface area contributed by atoms with Crippen LogP contribution >= 0.6 is 0 Å². The van der Waals surface area contributed by atoms with E-state index in [1.165, 1.54) is 6.42 Å². The van der Waals surface area contributed by atoms with Crippen LogP contribution in [0.1, 0.15) is 30.8 Å². The number of likely N-dealkylation sites (tertiary alicyclic amines) is 1. The molecule has 4 nitrogen and oxygen atoms in total. The highest BCUT2D eigenvalue weighted by Crippen LogP contribution is 2.18. The molecule has 1 fully saturated rings. The van der Waals surface area contributed by atoms with E-state index in [2.05, 4.69) is 23.7 Å². The molecular formula is C14H20N2O2. The van der Waals surface area contributed by atoms with Gasteiger partial charge in [0.15, 0.2) is 6.29 Å². The molecule has 2 rings (SSSR count). The molecule has 98 valence electrons. The molecule has 4 heteroatoms. The van der Waals surface area contributed by atoms with E-state index in [1.54, 1.807) is 18.3 Å². The van der Waals surface area contributed by atoms with Crippen molar-refractivity contribution in [3.8, 4) is 5.75 Å². The molecule has 1 saturated heterocycles. The second-order valence-corrected chi connectivity index (χ2v) is 5.09. The van der Waals surface area contributed by atoms with Gasteiger partial charge in [-0.05, 0) is 37.9 Å². The third-order valence-corrected chi connectivity index (χ3v) is 3.45. The standard InChI is InChI=1S/C14H20N2O2/c1-11-5-6-16(8-11)12(2)10-18-14-4-3-13(9-17)15-7-14/h3-4,7,9,11-12H,5-6,8,10H2,1-2H3. The van der Waals surface area contributed by atoms with Gasteiger partial charge < -0.3 is 4.74 Å². The van der Waals surface area contributed by atoms with Crippen molar-refractivity contribution in [1.29, 1.82) is 0 Å². The average molecular weight is 248 g/mol. The molecule has 0 spiro atoms. The number of aldehydes is 1. The zero-order chi connectivity index (χ0) is 13.0. The Morgan fingerprint density at radius 1 is 1.61 bits per heavy atom. The molecule has 0 N–H and O–H groups in total. The van der Waals surface area contributed by atoms with Gasteiger partial charge >= 0.3 is 0 Å². The van der Waals surface area contributed by atoms with Crippen molar-refractivity contribution in [3.63, 3.8) is 0 Å². The second kappa shape index (κ2) is 5.96. The minimum Gasteiger partial charge on any atom is -0.490 e. The lowest BCUT2D eigenvalue weighted by molar-refractivity contribution is 0.111. The molecule has 0 radical (unpaired) electrons. The Hall–Kier alpha value is -1.42.